The fraction of sp³-hybridized carbons (Fsp3) is 0.167. The molecule has 0 saturated carbocycles. The van der Waals surface area contributed by atoms with Gasteiger partial charge in [0.1, 0.15) is 0 Å². The highest BCUT2D eigenvalue weighted by Gasteiger charge is 1.97. The highest BCUT2D eigenvalue weighted by Crippen LogP contribution is 2.04. The molecule has 0 aliphatic rings. The van der Waals surface area contributed by atoms with Crippen molar-refractivity contribution in [3.63, 3.8) is 0 Å². The Morgan fingerprint density at radius 3 is 2.56 bits per heavy atom. The molecular formula is C6H7IO2. The summed E-state index contributed by atoms with van der Waals surface area (Å²) in [5.74, 6) is -0.881. The van der Waals surface area contributed by atoms with Gasteiger partial charge in [-0.25, -0.2) is 4.79 Å². The van der Waals surface area contributed by atoms with Gasteiger partial charge in [-0.15, -0.1) is 0 Å². The molecule has 0 aliphatic carbocycles. The Bertz CT molecular complexity index is 158. The summed E-state index contributed by atoms with van der Waals surface area (Å²) in [5.41, 5.74) is 0. The first-order valence-corrected chi connectivity index (χ1v) is 3.48. The van der Waals surface area contributed by atoms with Crippen LogP contribution >= 0.6 is 22.6 Å². The second-order valence-electron chi connectivity index (χ2n) is 1.35. The van der Waals surface area contributed by atoms with E-state index in [1.54, 1.807) is 40.8 Å². The number of carboxylic acids is 1. The molecule has 1 N–H and O–H groups in total. The highest BCUT2D eigenvalue weighted by molar-refractivity contribution is 14.1. The lowest BCUT2D eigenvalue weighted by Crippen LogP contribution is -1.91. The van der Waals surface area contributed by atoms with Crippen LogP contribution in [0.25, 0.3) is 0 Å². The van der Waals surface area contributed by atoms with Crippen molar-refractivity contribution in [2.45, 2.75) is 6.92 Å². The lowest BCUT2D eigenvalue weighted by atomic mass is 10.4. The molecule has 0 unspecified atom stereocenters. The maximum atomic E-state index is 10.1. The third-order valence-electron chi connectivity index (χ3n) is 0.639. The van der Waals surface area contributed by atoms with Crippen molar-refractivity contribution < 1.29 is 9.90 Å². The smallest absolute Gasteiger partial charge is 0.341 e. The molecule has 0 heterocycles. The van der Waals surface area contributed by atoms with Crippen molar-refractivity contribution in [2.75, 3.05) is 0 Å². The van der Waals surface area contributed by atoms with Crippen LogP contribution in [-0.2, 0) is 4.79 Å². The minimum Gasteiger partial charge on any atom is -0.477 e. The van der Waals surface area contributed by atoms with E-state index in [4.69, 9.17) is 5.11 Å². The van der Waals surface area contributed by atoms with Crippen LogP contribution in [0.3, 0.4) is 0 Å². The average Bonchev–Trinajstić information content (AvgIpc) is 1.82. The quantitative estimate of drug-likeness (QED) is 0.453. The third kappa shape index (κ3) is 4.20. The fourth-order valence-electron chi connectivity index (χ4n) is 0.252. The molecule has 0 amide bonds. The summed E-state index contributed by atoms with van der Waals surface area (Å²) in [6, 6.07) is 0. The lowest BCUT2D eigenvalue weighted by molar-refractivity contribution is -0.131. The number of carbonyl (C=O) groups is 1. The molecule has 0 spiro atoms. The van der Waals surface area contributed by atoms with Gasteiger partial charge in [-0.2, -0.15) is 0 Å². The molecule has 0 rings (SSSR count). The molecular weight excluding hydrogens is 231 g/mol. The zero-order valence-electron chi connectivity index (χ0n) is 4.97. The van der Waals surface area contributed by atoms with E-state index in [1.165, 1.54) is 0 Å². The Balaban J connectivity index is 4.00. The van der Waals surface area contributed by atoms with E-state index in [-0.39, 0.29) is 0 Å². The first-order chi connectivity index (χ1) is 4.18. The van der Waals surface area contributed by atoms with E-state index in [9.17, 15) is 4.79 Å². The molecule has 2 nitrogen and oxygen atoms in total. The summed E-state index contributed by atoms with van der Waals surface area (Å²) >= 11 is 1.77. The zero-order chi connectivity index (χ0) is 7.28. The number of halogens is 1. The molecule has 0 aromatic carbocycles. The minimum atomic E-state index is -0.881. The van der Waals surface area contributed by atoms with Crippen LogP contribution in [0, 0.1) is 0 Å². The molecule has 0 aromatic heterocycles. The van der Waals surface area contributed by atoms with Gasteiger partial charge in [0.25, 0.3) is 0 Å². The molecule has 0 saturated heterocycles. The molecule has 0 fully saturated rings. The molecule has 0 aromatic rings. The van der Waals surface area contributed by atoms with Crippen molar-refractivity contribution in [2.24, 2.45) is 0 Å². The van der Waals surface area contributed by atoms with Crippen molar-refractivity contribution in [1.82, 2.24) is 0 Å². The minimum absolute atomic E-state index is 0.325. The second kappa shape index (κ2) is 4.55. The Labute approximate surface area is 67.4 Å². The van der Waals surface area contributed by atoms with Gasteiger partial charge in [0.2, 0.25) is 0 Å². The van der Waals surface area contributed by atoms with Crippen LogP contribution < -0.4 is 0 Å². The maximum Gasteiger partial charge on any atom is 0.341 e. The first-order valence-electron chi connectivity index (χ1n) is 2.40. The van der Waals surface area contributed by atoms with Gasteiger partial charge in [0.05, 0.1) is 3.58 Å². The summed E-state index contributed by atoms with van der Waals surface area (Å²) < 4.78 is 0.325. The van der Waals surface area contributed by atoms with Crippen LogP contribution in [-0.4, -0.2) is 11.1 Å². The standard InChI is InChI=1S/C6H7IO2/c1-2-3-4-5(7)6(8)9/h2-4H,1H3,(H,8,9)/b3-2+,5-4-. The van der Waals surface area contributed by atoms with Gasteiger partial charge in [-0.3, -0.25) is 0 Å². The van der Waals surface area contributed by atoms with E-state index in [2.05, 4.69) is 0 Å². The van der Waals surface area contributed by atoms with E-state index < -0.39 is 5.97 Å². The molecule has 0 aliphatic heterocycles. The molecule has 3 heteroatoms. The maximum absolute atomic E-state index is 10.1. The predicted octanol–water partition coefficient (Wildman–Crippen LogP) is 1.97. The summed E-state index contributed by atoms with van der Waals surface area (Å²) in [6.07, 6.45) is 5.01. The zero-order valence-corrected chi connectivity index (χ0v) is 7.12. The van der Waals surface area contributed by atoms with Gasteiger partial charge in [-0.1, -0.05) is 12.2 Å². The molecule has 50 valence electrons. The van der Waals surface area contributed by atoms with Crippen molar-refractivity contribution >= 4 is 28.6 Å². The van der Waals surface area contributed by atoms with Gasteiger partial charge < -0.3 is 5.11 Å². The third-order valence-corrected chi connectivity index (χ3v) is 1.46. The lowest BCUT2D eigenvalue weighted by Gasteiger charge is -1.83. The number of aliphatic carboxylic acids is 1. The number of allylic oxidation sites excluding steroid dienone is 3. The van der Waals surface area contributed by atoms with Crippen LogP contribution in [0.1, 0.15) is 6.92 Å². The van der Waals surface area contributed by atoms with Crippen molar-refractivity contribution in [1.29, 1.82) is 0 Å². The predicted molar refractivity (Wildman–Crippen MR) is 44.6 cm³/mol. The molecule has 0 bridgehead atoms. The van der Waals surface area contributed by atoms with Crippen LogP contribution in [0.5, 0.6) is 0 Å². The van der Waals surface area contributed by atoms with Crippen LogP contribution in [0.15, 0.2) is 21.8 Å². The Morgan fingerprint density at radius 2 is 2.22 bits per heavy atom. The fourth-order valence-corrected chi connectivity index (χ4v) is 0.460. The van der Waals surface area contributed by atoms with Crippen LogP contribution in [0.2, 0.25) is 0 Å². The monoisotopic (exact) mass is 238 g/mol. The van der Waals surface area contributed by atoms with Gasteiger partial charge in [0.15, 0.2) is 0 Å². The topological polar surface area (TPSA) is 37.3 Å². The number of rotatable bonds is 2. The van der Waals surface area contributed by atoms with Gasteiger partial charge in [0, 0.05) is 0 Å². The van der Waals surface area contributed by atoms with E-state index >= 15 is 0 Å². The molecule has 0 radical (unpaired) electrons. The van der Waals surface area contributed by atoms with E-state index in [1.807, 2.05) is 6.92 Å². The molecule has 9 heavy (non-hydrogen) atoms. The highest BCUT2D eigenvalue weighted by atomic mass is 127. The van der Waals surface area contributed by atoms with E-state index in [0.29, 0.717) is 3.58 Å². The summed E-state index contributed by atoms with van der Waals surface area (Å²) in [7, 11) is 0. The van der Waals surface area contributed by atoms with Crippen LogP contribution in [0.4, 0.5) is 0 Å². The summed E-state index contributed by atoms with van der Waals surface area (Å²) in [5, 5.41) is 8.30. The van der Waals surface area contributed by atoms with Crippen molar-refractivity contribution in [3.8, 4) is 0 Å². The van der Waals surface area contributed by atoms with Gasteiger partial charge >= 0.3 is 5.97 Å². The Morgan fingerprint density at radius 1 is 1.67 bits per heavy atom. The van der Waals surface area contributed by atoms with Gasteiger partial charge in [-0.05, 0) is 35.6 Å². The summed E-state index contributed by atoms with van der Waals surface area (Å²) in [4.78, 5) is 10.1. The number of hydrogen-bond donors (Lipinski definition) is 1. The largest absolute Gasteiger partial charge is 0.477 e. The average molecular weight is 238 g/mol. The van der Waals surface area contributed by atoms with Crippen molar-refractivity contribution in [3.05, 3.63) is 21.8 Å². The normalized spacial score (nSPS) is 12.4. The second-order valence-corrected chi connectivity index (χ2v) is 2.51. The first kappa shape index (κ1) is 8.68. The number of carboxylic acid groups (broad SMARTS) is 1. The van der Waals surface area contributed by atoms with E-state index in [0.717, 1.165) is 0 Å². The Hall–Kier alpha value is -0.320. The summed E-state index contributed by atoms with van der Waals surface area (Å²) in [6.45, 7) is 1.84. The molecule has 0 atom stereocenters. The Kier molecular flexibility index (Phi) is 4.39. The number of hydrogen-bond acceptors (Lipinski definition) is 1. The SMILES string of the molecule is C/C=C/C=C(\I)C(=O)O.